The molecule has 3 nitrogen and oxygen atoms in total. The van der Waals surface area contributed by atoms with Crippen molar-refractivity contribution in [3.63, 3.8) is 0 Å². The summed E-state index contributed by atoms with van der Waals surface area (Å²) in [6, 6.07) is 15.9. The van der Waals surface area contributed by atoms with E-state index in [-0.39, 0.29) is 11.7 Å². The first-order valence-corrected chi connectivity index (χ1v) is 7.20. The van der Waals surface area contributed by atoms with Crippen LogP contribution < -0.4 is 5.32 Å². The van der Waals surface area contributed by atoms with E-state index in [1.54, 1.807) is 36.4 Å². The quantitative estimate of drug-likeness (QED) is 0.651. The standard InChI is InChI=1S/C18H19NO2/c1-2-3-13-19-18(21)16-11-9-15(10-12-16)17(20)14-7-5-4-6-8-14/h4-12H,2-3,13H2,1H3,(H,19,21). The summed E-state index contributed by atoms with van der Waals surface area (Å²) < 4.78 is 0. The van der Waals surface area contributed by atoms with Crippen LogP contribution in [0.5, 0.6) is 0 Å². The van der Waals surface area contributed by atoms with Crippen LogP contribution in [0.25, 0.3) is 0 Å². The molecule has 2 rings (SSSR count). The van der Waals surface area contributed by atoms with Gasteiger partial charge in [0.05, 0.1) is 0 Å². The van der Waals surface area contributed by atoms with Gasteiger partial charge in [-0.1, -0.05) is 55.8 Å². The van der Waals surface area contributed by atoms with Gasteiger partial charge in [0.1, 0.15) is 0 Å². The van der Waals surface area contributed by atoms with Crippen LogP contribution in [0.15, 0.2) is 54.6 Å². The van der Waals surface area contributed by atoms with Crippen molar-refractivity contribution >= 4 is 11.7 Å². The minimum absolute atomic E-state index is 0.0338. The monoisotopic (exact) mass is 281 g/mol. The van der Waals surface area contributed by atoms with Gasteiger partial charge in [-0.2, -0.15) is 0 Å². The lowest BCUT2D eigenvalue weighted by atomic mass is 10.0. The number of hydrogen-bond acceptors (Lipinski definition) is 2. The largest absolute Gasteiger partial charge is 0.352 e. The molecule has 0 aliphatic rings. The van der Waals surface area contributed by atoms with Crippen molar-refractivity contribution in [2.24, 2.45) is 0 Å². The zero-order chi connectivity index (χ0) is 15.1. The van der Waals surface area contributed by atoms with Crippen LogP contribution in [0.2, 0.25) is 0 Å². The second-order valence-electron chi connectivity index (χ2n) is 4.88. The molecule has 0 aliphatic carbocycles. The van der Waals surface area contributed by atoms with E-state index >= 15 is 0 Å². The molecule has 0 aromatic heterocycles. The highest BCUT2D eigenvalue weighted by Gasteiger charge is 2.10. The second kappa shape index (κ2) is 7.39. The van der Waals surface area contributed by atoms with Crippen molar-refractivity contribution < 1.29 is 9.59 Å². The fourth-order valence-corrected chi connectivity index (χ4v) is 2.01. The number of unbranched alkanes of at least 4 members (excludes halogenated alkanes) is 1. The Hall–Kier alpha value is -2.42. The first-order chi connectivity index (χ1) is 10.2. The Kier molecular flexibility index (Phi) is 5.27. The van der Waals surface area contributed by atoms with Gasteiger partial charge in [0, 0.05) is 23.2 Å². The van der Waals surface area contributed by atoms with Crippen molar-refractivity contribution in [1.29, 1.82) is 0 Å². The molecule has 0 fully saturated rings. The Morgan fingerprint density at radius 3 is 2.05 bits per heavy atom. The zero-order valence-corrected chi connectivity index (χ0v) is 12.1. The van der Waals surface area contributed by atoms with Crippen molar-refractivity contribution in [2.45, 2.75) is 19.8 Å². The lowest BCUT2D eigenvalue weighted by molar-refractivity contribution is 0.0951. The van der Waals surface area contributed by atoms with E-state index in [4.69, 9.17) is 0 Å². The third kappa shape index (κ3) is 4.02. The Balaban J connectivity index is 2.05. The topological polar surface area (TPSA) is 46.2 Å². The van der Waals surface area contributed by atoms with Gasteiger partial charge in [0.25, 0.3) is 5.91 Å². The number of nitrogens with one attached hydrogen (secondary N) is 1. The van der Waals surface area contributed by atoms with Crippen molar-refractivity contribution in [2.75, 3.05) is 6.54 Å². The minimum atomic E-state index is -0.0952. The molecule has 0 radical (unpaired) electrons. The molecule has 2 aromatic carbocycles. The Labute approximate surface area is 125 Å². The van der Waals surface area contributed by atoms with Crippen LogP contribution in [0.4, 0.5) is 0 Å². The molecule has 1 amide bonds. The number of hydrogen-bond donors (Lipinski definition) is 1. The first kappa shape index (κ1) is 15.0. The summed E-state index contributed by atoms with van der Waals surface area (Å²) in [4.78, 5) is 24.1. The molecule has 0 saturated carbocycles. The van der Waals surface area contributed by atoms with E-state index in [1.165, 1.54) is 0 Å². The summed E-state index contributed by atoms with van der Waals surface area (Å²) in [5, 5.41) is 2.86. The average molecular weight is 281 g/mol. The molecule has 3 heteroatoms. The number of benzene rings is 2. The molecule has 21 heavy (non-hydrogen) atoms. The van der Waals surface area contributed by atoms with E-state index in [2.05, 4.69) is 12.2 Å². The molecule has 0 bridgehead atoms. The smallest absolute Gasteiger partial charge is 0.251 e. The molecular formula is C18H19NO2. The number of amides is 1. The Bertz CT molecular complexity index is 603. The summed E-state index contributed by atoms with van der Waals surface area (Å²) in [7, 11) is 0. The van der Waals surface area contributed by atoms with Crippen LogP contribution in [0, 0.1) is 0 Å². The minimum Gasteiger partial charge on any atom is -0.352 e. The van der Waals surface area contributed by atoms with Gasteiger partial charge in [-0.15, -0.1) is 0 Å². The van der Waals surface area contributed by atoms with Crippen LogP contribution in [0.1, 0.15) is 46.0 Å². The van der Waals surface area contributed by atoms with E-state index < -0.39 is 0 Å². The van der Waals surface area contributed by atoms with Gasteiger partial charge in [-0.25, -0.2) is 0 Å². The molecule has 2 aromatic rings. The van der Waals surface area contributed by atoms with Crippen molar-refractivity contribution in [3.8, 4) is 0 Å². The predicted molar refractivity (Wildman–Crippen MR) is 83.6 cm³/mol. The number of carbonyl (C=O) groups excluding carboxylic acids is 2. The predicted octanol–water partition coefficient (Wildman–Crippen LogP) is 3.45. The maximum atomic E-state index is 12.2. The maximum absolute atomic E-state index is 12.2. The van der Waals surface area contributed by atoms with Gasteiger partial charge in [-0.05, 0) is 18.6 Å². The highest BCUT2D eigenvalue weighted by Crippen LogP contribution is 2.11. The fourth-order valence-electron chi connectivity index (χ4n) is 2.01. The van der Waals surface area contributed by atoms with Gasteiger partial charge < -0.3 is 5.32 Å². The van der Waals surface area contributed by atoms with Gasteiger partial charge in [0.2, 0.25) is 0 Å². The number of carbonyl (C=O) groups is 2. The summed E-state index contributed by atoms with van der Waals surface area (Å²) in [6.45, 7) is 2.76. The third-order valence-corrected chi connectivity index (χ3v) is 3.26. The molecule has 0 heterocycles. The average Bonchev–Trinajstić information content (AvgIpc) is 2.55. The second-order valence-corrected chi connectivity index (χ2v) is 4.88. The normalized spacial score (nSPS) is 10.1. The molecule has 0 aliphatic heterocycles. The third-order valence-electron chi connectivity index (χ3n) is 3.26. The summed E-state index contributed by atoms with van der Waals surface area (Å²) in [6.07, 6.45) is 2.01. The highest BCUT2D eigenvalue weighted by molar-refractivity contribution is 6.09. The lowest BCUT2D eigenvalue weighted by Gasteiger charge is -2.05. The summed E-state index contributed by atoms with van der Waals surface area (Å²) in [5.41, 5.74) is 1.82. The number of rotatable bonds is 6. The van der Waals surface area contributed by atoms with Gasteiger partial charge >= 0.3 is 0 Å². The van der Waals surface area contributed by atoms with E-state index in [0.717, 1.165) is 12.8 Å². The molecule has 0 atom stereocenters. The fraction of sp³-hybridized carbons (Fsp3) is 0.222. The summed E-state index contributed by atoms with van der Waals surface area (Å²) >= 11 is 0. The van der Waals surface area contributed by atoms with Crippen molar-refractivity contribution in [1.82, 2.24) is 5.32 Å². The Morgan fingerprint density at radius 2 is 1.43 bits per heavy atom. The molecule has 0 saturated heterocycles. The Morgan fingerprint density at radius 1 is 0.857 bits per heavy atom. The first-order valence-electron chi connectivity index (χ1n) is 7.20. The maximum Gasteiger partial charge on any atom is 0.251 e. The van der Waals surface area contributed by atoms with Gasteiger partial charge in [-0.3, -0.25) is 9.59 Å². The molecule has 1 N–H and O–H groups in total. The van der Waals surface area contributed by atoms with E-state index in [1.807, 2.05) is 18.2 Å². The van der Waals surface area contributed by atoms with E-state index in [0.29, 0.717) is 23.2 Å². The molecule has 108 valence electrons. The van der Waals surface area contributed by atoms with Crippen LogP contribution >= 0.6 is 0 Å². The SMILES string of the molecule is CCCCNC(=O)c1ccc(C(=O)c2ccccc2)cc1. The van der Waals surface area contributed by atoms with Crippen molar-refractivity contribution in [3.05, 3.63) is 71.3 Å². The highest BCUT2D eigenvalue weighted by atomic mass is 16.1. The van der Waals surface area contributed by atoms with Crippen LogP contribution in [-0.4, -0.2) is 18.2 Å². The molecular weight excluding hydrogens is 262 g/mol. The van der Waals surface area contributed by atoms with Crippen LogP contribution in [0.3, 0.4) is 0 Å². The zero-order valence-electron chi connectivity index (χ0n) is 12.1. The van der Waals surface area contributed by atoms with Gasteiger partial charge in [0.15, 0.2) is 5.78 Å². The molecule has 0 spiro atoms. The number of ketones is 1. The molecule has 0 unspecified atom stereocenters. The summed E-state index contributed by atoms with van der Waals surface area (Å²) in [5.74, 6) is -0.129. The van der Waals surface area contributed by atoms with Crippen LogP contribution in [-0.2, 0) is 0 Å². The lowest BCUT2D eigenvalue weighted by Crippen LogP contribution is -2.24. The van der Waals surface area contributed by atoms with E-state index in [9.17, 15) is 9.59 Å².